The van der Waals surface area contributed by atoms with Crippen molar-refractivity contribution in [3.05, 3.63) is 35.4 Å². The minimum Gasteiger partial charge on any atom is -0.481 e. The third kappa shape index (κ3) is 3.10. The van der Waals surface area contributed by atoms with Crippen molar-refractivity contribution in [2.24, 2.45) is 5.92 Å². The van der Waals surface area contributed by atoms with Crippen LogP contribution in [0.4, 0.5) is 0 Å². The van der Waals surface area contributed by atoms with Crippen LogP contribution in [0.15, 0.2) is 24.3 Å². The molecular weight excluding hydrogens is 190 g/mol. The molecule has 1 N–H and O–H groups in total. The van der Waals surface area contributed by atoms with Crippen molar-refractivity contribution < 1.29 is 9.90 Å². The van der Waals surface area contributed by atoms with E-state index in [4.69, 9.17) is 10.4 Å². The van der Waals surface area contributed by atoms with Crippen LogP contribution in [0, 0.1) is 17.2 Å². The number of carboxylic acid groups (broad SMARTS) is 1. The summed E-state index contributed by atoms with van der Waals surface area (Å²) in [7, 11) is 0. The molecule has 1 aromatic carbocycles. The quantitative estimate of drug-likeness (QED) is 0.816. The lowest BCUT2D eigenvalue weighted by Gasteiger charge is -2.09. The molecule has 0 bridgehead atoms. The van der Waals surface area contributed by atoms with Crippen molar-refractivity contribution in [1.29, 1.82) is 5.26 Å². The molecule has 3 nitrogen and oxygen atoms in total. The molecule has 15 heavy (non-hydrogen) atoms. The van der Waals surface area contributed by atoms with Gasteiger partial charge in [-0.05, 0) is 30.5 Å². The second kappa shape index (κ2) is 5.16. The van der Waals surface area contributed by atoms with E-state index in [0.717, 1.165) is 5.56 Å². The monoisotopic (exact) mass is 203 g/mol. The zero-order chi connectivity index (χ0) is 11.3. The van der Waals surface area contributed by atoms with Crippen molar-refractivity contribution in [3.8, 4) is 6.07 Å². The fraction of sp³-hybridized carbons (Fsp3) is 0.333. The molecule has 0 spiro atoms. The molecule has 0 radical (unpaired) electrons. The highest BCUT2D eigenvalue weighted by atomic mass is 16.4. The summed E-state index contributed by atoms with van der Waals surface area (Å²) in [5.74, 6) is -1.10. The first-order chi connectivity index (χ1) is 7.17. The zero-order valence-corrected chi connectivity index (χ0v) is 8.60. The molecule has 0 aromatic heterocycles. The molecule has 3 heteroatoms. The maximum atomic E-state index is 10.8. The maximum absolute atomic E-state index is 10.8. The Bertz CT molecular complexity index is 376. The molecule has 0 saturated carbocycles. The van der Waals surface area contributed by atoms with Gasteiger partial charge >= 0.3 is 5.97 Å². The molecule has 0 fully saturated rings. The first-order valence-electron chi connectivity index (χ1n) is 4.89. The van der Waals surface area contributed by atoms with Gasteiger partial charge in [-0.2, -0.15) is 5.26 Å². The fourth-order valence-electron chi connectivity index (χ4n) is 1.41. The number of nitriles is 1. The lowest BCUT2D eigenvalue weighted by Crippen LogP contribution is -2.15. The van der Waals surface area contributed by atoms with Gasteiger partial charge in [-0.1, -0.05) is 19.1 Å². The lowest BCUT2D eigenvalue weighted by atomic mass is 9.96. The van der Waals surface area contributed by atoms with Crippen molar-refractivity contribution in [3.63, 3.8) is 0 Å². The molecule has 0 aliphatic rings. The highest BCUT2D eigenvalue weighted by Gasteiger charge is 2.15. The van der Waals surface area contributed by atoms with E-state index < -0.39 is 5.97 Å². The predicted octanol–water partition coefficient (Wildman–Crippen LogP) is 2.21. The summed E-state index contributed by atoms with van der Waals surface area (Å²) in [5, 5.41) is 17.5. The fourth-order valence-corrected chi connectivity index (χ4v) is 1.41. The number of hydrogen-bond donors (Lipinski definition) is 1. The van der Waals surface area contributed by atoms with Gasteiger partial charge < -0.3 is 5.11 Å². The Morgan fingerprint density at radius 1 is 1.47 bits per heavy atom. The van der Waals surface area contributed by atoms with Gasteiger partial charge in [0, 0.05) is 0 Å². The standard InChI is InChI=1S/C12H13NO2/c1-2-11(12(14)15)7-9-3-5-10(8-13)6-4-9/h3-6,11H,2,7H2,1H3,(H,14,15)/t11-/m1/s1. The van der Waals surface area contributed by atoms with E-state index in [1.807, 2.05) is 25.1 Å². The van der Waals surface area contributed by atoms with Crippen LogP contribution in [-0.2, 0) is 11.2 Å². The smallest absolute Gasteiger partial charge is 0.306 e. The van der Waals surface area contributed by atoms with Gasteiger partial charge in [-0.15, -0.1) is 0 Å². The first kappa shape index (κ1) is 11.3. The van der Waals surface area contributed by atoms with Gasteiger partial charge in [-0.25, -0.2) is 0 Å². The highest BCUT2D eigenvalue weighted by molar-refractivity contribution is 5.70. The number of carbonyl (C=O) groups is 1. The third-order valence-corrected chi connectivity index (χ3v) is 2.41. The van der Waals surface area contributed by atoms with E-state index >= 15 is 0 Å². The first-order valence-corrected chi connectivity index (χ1v) is 4.89. The Morgan fingerprint density at radius 2 is 2.07 bits per heavy atom. The summed E-state index contributed by atoms with van der Waals surface area (Å²) in [6.45, 7) is 1.86. The summed E-state index contributed by atoms with van der Waals surface area (Å²) in [4.78, 5) is 10.8. The SMILES string of the molecule is CC[C@H](Cc1ccc(C#N)cc1)C(=O)O. The van der Waals surface area contributed by atoms with Crippen LogP contribution in [0.25, 0.3) is 0 Å². The molecular formula is C12H13NO2. The van der Waals surface area contributed by atoms with Crippen LogP contribution in [0.1, 0.15) is 24.5 Å². The summed E-state index contributed by atoms with van der Waals surface area (Å²) < 4.78 is 0. The molecule has 0 heterocycles. The molecule has 0 unspecified atom stereocenters. The largest absolute Gasteiger partial charge is 0.481 e. The number of nitrogens with zero attached hydrogens (tertiary/aromatic N) is 1. The van der Waals surface area contributed by atoms with Crippen LogP contribution in [0.5, 0.6) is 0 Å². The van der Waals surface area contributed by atoms with Gasteiger partial charge in [0.2, 0.25) is 0 Å². The predicted molar refractivity (Wildman–Crippen MR) is 56.3 cm³/mol. The third-order valence-electron chi connectivity index (χ3n) is 2.41. The van der Waals surface area contributed by atoms with E-state index in [1.165, 1.54) is 0 Å². The van der Waals surface area contributed by atoms with Crippen LogP contribution in [0.2, 0.25) is 0 Å². The van der Waals surface area contributed by atoms with Crippen molar-refractivity contribution in [1.82, 2.24) is 0 Å². The molecule has 1 rings (SSSR count). The van der Waals surface area contributed by atoms with Crippen molar-refractivity contribution >= 4 is 5.97 Å². The second-order valence-electron chi connectivity index (χ2n) is 3.46. The van der Waals surface area contributed by atoms with Gasteiger partial charge in [0.25, 0.3) is 0 Å². The van der Waals surface area contributed by atoms with Gasteiger partial charge in [-0.3, -0.25) is 4.79 Å². The molecule has 1 aromatic rings. The van der Waals surface area contributed by atoms with Crippen LogP contribution >= 0.6 is 0 Å². The van der Waals surface area contributed by atoms with Crippen molar-refractivity contribution in [2.45, 2.75) is 19.8 Å². The Hall–Kier alpha value is -1.82. The topological polar surface area (TPSA) is 61.1 Å². The Kier molecular flexibility index (Phi) is 3.87. The zero-order valence-electron chi connectivity index (χ0n) is 8.60. The number of aliphatic carboxylic acids is 1. The van der Waals surface area contributed by atoms with E-state index in [0.29, 0.717) is 18.4 Å². The van der Waals surface area contributed by atoms with Crippen LogP contribution < -0.4 is 0 Å². The second-order valence-corrected chi connectivity index (χ2v) is 3.46. The Labute approximate surface area is 89.0 Å². The summed E-state index contributed by atoms with van der Waals surface area (Å²) in [6, 6.07) is 9.07. The number of benzene rings is 1. The van der Waals surface area contributed by atoms with E-state index in [2.05, 4.69) is 0 Å². The average Bonchev–Trinajstić information content (AvgIpc) is 2.26. The normalized spacial score (nSPS) is 11.7. The molecule has 78 valence electrons. The molecule has 0 aliphatic heterocycles. The summed E-state index contributed by atoms with van der Waals surface area (Å²) in [5.41, 5.74) is 1.56. The summed E-state index contributed by atoms with van der Waals surface area (Å²) >= 11 is 0. The van der Waals surface area contributed by atoms with E-state index in [1.54, 1.807) is 12.1 Å². The number of rotatable bonds is 4. The summed E-state index contributed by atoms with van der Waals surface area (Å²) in [6.07, 6.45) is 1.15. The number of hydrogen-bond acceptors (Lipinski definition) is 2. The van der Waals surface area contributed by atoms with Gasteiger partial charge in [0.05, 0.1) is 17.6 Å². The molecule has 0 aliphatic carbocycles. The number of carboxylic acids is 1. The van der Waals surface area contributed by atoms with Crippen molar-refractivity contribution in [2.75, 3.05) is 0 Å². The highest BCUT2D eigenvalue weighted by Crippen LogP contribution is 2.13. The Balaban J connectivity index is 2.72. The molecule has 0 saturated heterocycles. The van der Waals surface area contributed by atoms with Crippen LogP contribution in [-0.4, -0.2) is 11.1 Å². The maximum Gasteiger partial charge on any atom is 0.306 e. The average molecular weight is 203 g/mol. The lowest BCUT2D eigenvalue weighted by molar-refractivity contribution is -0.141. The van der Waals surface area contributed by atoms with E-state index in [-0.39, 0.29) is 5.92 Å². The van der Waals surface area contributed by atoms with Gasteiger partial charge in [0.15, 0.2) is 0 Å². The van der Waals surface area contributed by atoms with Gasteiger partial charge in [0.1, 0.15) is 0 Å². The van der Waals surface area contributed by atoms with E-state index in [9.17, 15) is 4.79 Å². The Morgan fingerprint density at radius 3 is 2.47 bits per heavy atom. The molecule has 0 amide bonds. The molecule has 1 atom stereocenters. The minimum atomic E-state index is -0.762. The minimum absolute atomic E-state index is 0.335. The van der Waals surface area contributed by atoms with Crippen LogP contribution in [0.3, 0.4) is 0 Å².